The number of hydrogen-bond donors (Lipinski definition) is 0. The van der Waals surface area contributed by atoms with E-state index < -0.39 is 5.60 Å². The lowest BCUT2D eigenvalue weighted by molar-refractivity contribution is -0.121. The van der Waals surface area contributed by atoms with Crippen LogP contribution in [0.3, 0.4) is 0 Å². The van der Waals surface area contributed by atoms with E-state index in [-0.39, 0.29) is 17.9 Å². The Morgan fingerprint density at radius 3 is 2.69 bits per heavy atom. The lowest BCUT2D eigenvalue weighted by Gasteiger charge is -2.28. The van der Waals surface area contributed by atoms with E-state index in [2.05, 4.69) is 0 Å². The van der Waals surface area contributed by atoms with Crippen LogP contribution in [0.15, 0.2) is 0 Å². The number of likely N-dealkylation sites (tertiary alicyclic amines) is 1. The van der Waals surface area contributed by atoms with Gasteiger partial charge in [0.25, 0.3) is 0 Å². The van der Waals surface area contributed by atoms with E-state index in [0.29, 0.717) is 25.3 Å². The first-order valence-corrected chi connectivity index (χ1v) is 5.86. The molecule has 0 radical (unpaired) electrons. The molecule has 1 saturated heterocycles. The van der Waals surface area contributed by atoms with Crippen molar-refractivity contribution in [2.24, 2.45) is 5.92 Å². The molecule has 0 spiro atoms. The molecule has 0 aromatic rings. The Labute approximate surface area is 95.9 Å². The number of ether oxygens (including phenoxy) is 1. The summed E-state index contributed by atoms with van der Waals surface area (Å²) in [4.78, 5) is 25.0. The normalized spacial score (nSPS) is 29.4. The third-order valence-electron chi connectivity index (χ3n) is 3.11. The summed E-state index contributed by atoms with van der Waals surface area (Å²) in [7, 11) is 0. The predicted molar refractivity (Wildman–Crippen MR) is 59.1 cm³/mol. The maximum Gasteiger partial charge on any atom is 0.410 e. The quantitative estimate of drug-likeness (QED) is 0.633. The van der Waals surface area contributed by atoms with Gasteiger partial charge in [-0.1, -0.05) is 0 Å². The van der Waals surface area contributed by atoms with Gasteiger partial charge < -0.3 is 9.64 Å². The number of rotatable bonds is 0. The van der Waals surface area contributed by atoms with Gasteiger partial charge in [0.15, 0.2) is 0 Å². The molecule has 1 amide bonds. The third kappa shape index (κ3) is 2.36. The zero-order chi connectivity index (χ0) is 11.9. The minimum Gasteiger partial charge on any atom is -0.444 e. The van der Waals surface area contributed by atoms with Crippen LogP contribution >= 0.6 is 0 Å². The number of nitrogens with zero attached hydrogens (tertiary/aromatic N) is 1. The molecule has 1 saturated carbocycles. The topological polar surface area (TPSA) is 46.6 Å². The molecule has 16 heavy (non-hydrogen) atoms. The van der Waals surface area contributed by atoms with Crippen LogP contribution in [0.25, 0.3) is 0 Å². The molecule has 1 heterocycles. The van der Waals surface area contributed by atoms with Gasteiger partial charge in [-0.3, -0.25) is 4.79 Å². The van der Waals surface area contributed by atoms with Crippen LogP contribution in [0.2, 0.25) is 0 Å². The molecule has 2 atom stereocenters. The molecular formula is C12H19NO3. The van der Waals surface area contributed by atoms with E-state index in [1.54, 1.807) is 4.90 Å². The van der Waals surface area contributed by atoms with Crippen molar-refractivity contribution < 1.29 is 14.3 Å². The second kappa shape index (κ2) is 3.75. The van der Waals surface area contributed by atoms with Crippen LogP contribution in [-0.4, -0.2) is 35.0 Å². The van der Waals surface area contributed by atoms with Crippen LogP contribution < -0.4 is 0 Å². The summed E-state index contributed by atoms with van der Waals surface area (Å²) in [5, 5.41) is 0. The third-order valence-corrected chi connectivity index (χ3v) is 3.11. The fourth-order valence-corrected chi connectivity index (χ4v) is 2.57. The standard InChI is InChI=1S/C12H19NO3/c1-12(2,3)16-11(15)13-7-8-4-9(13)6-10(14)5-8/h8-9H,4-7H2,1-3H3/t8-,9+/m0/s1. The summed E-state index contributed by atoms with van der Waals surface area (Å²) in [6.07, 6.45) is 1.84. The highest BCUT2D eigenvalue weighted by Gasteiger charge is 2.42. The lowest BCUT2D eigenvalue weighted by Crippen LogP contribution is -2.40. The van der Waals surface area contributed by atoms with Gasteiger partial charge >= 0.3 is 6.09 Å². The van der Waals surface area contributed by atoms with Crippen molar-refractivity contribution in [1.82, 2.24) is 4.90 Å². The Kier molecular flexibility index (Phi) is 2.68. The Balaban J connectivity index is 2.01. The van der Waals surface area contributed by atoms with Crippen LogP contribution in [0.4, 0.5) is 4.79 Å². The smallest absolute Gasteiger partial charge is 0.410 e. The second-order valence-corrected chi connectivity index (χ2v) is 5.84. The zero-order valence-corrected chi connectivity index (χ0v) is 10.2. The van der Waals surface area contributed by atoms with Gasteiger partial charge in [-0.15, -0.1) is 0 Å². The van der Waals surface area contributed by atoms with Gasteiger partial charge in [0.2, 0.25) is 0 Å². The highest BCUT2D eigenvalue weighted by Crippen LogP contribution is 2.34. The van der Waals surface area contributed by atoms with E-state index in [0.717, 1.165) is 6.42 Å². The molecular weight excluding hydrogens is 206 g/mol. The number of Topliss-reactive ketones (excluding diaryl/α,β-unsaturated/α-hetero) is 1. The summed E-state index contributed by atoms with van der Waals surface area (Å²) in [5.74, 6) is 0.645. The number of hydrogen-bond acceptors (Lipinski definition) is 3. The average Bonchev–Trinajstić information content (AvgIpc) is 2.38. The largest absolute Gasteiger partial charge is 0.444 e. The van der Waals surface area contributed by atoms with E-state index in [4.69, 9.17) is 4.74 Å². The van der Waals surface area contributed by atoms with E-state index in [1.165, 1.54) is 0 Å². The second-order valence-electron chi connectivity index (χ2n) is 5.84. The van der Waals surface area contributed by atoms with Gasteiger partial charge in [-0.05, 0) is 33.1 Å². The van der Waals surface area contributed by atoms with Crippen molar-refractivity contribution in [2.75, 3.05) is 6.54 Å². The predicted octanol–water partition coefficient (Wildman–Crippen LogP) is 1.97. The van der Waals surface area contributed by atoms with E-state index in [1.807, 2.05) is 20.8 Å². The highest BCUT2D eigenvalue weighted by atomic mass is 16.6. The van der Waals surface area contributed by atoms with Gasteiger partial charge in [-0.2, -0.15) is 0 Å². The Hall–Kier alpha value is -1.06. The van der Waals surface area contributed by atoms with Crippen molar-refractivity contribution in [3.63, 3.8) is 0 Å². The van der Waals surface area contributed by atoms with Gasteiger partial charge in [-0.25, -0.2) is 4.79 Å². The summed E-state index contributed by atoms with van der Waals surface area (Å²) in [6, 6.07) is 0.0844. The van der Waals surface area contributed by atoms with Crippen molar-refractivity contribution in [2.45, 2.75) is 51.7 Å². The number of ketones is 1. The van der Waals surface area contributed by atoms with Crippen LogP contribution in [0.5, 0.6) is 0 Å². The van der Waals surface area contributed by atoms with Crippen molar-refractivity contribution in [3.8, 4) is 0 Å². The molecule has 0 aromatic carbocycles. The molecule has 1 aliphatic carbocycles. The molecule has 4 heteroatoms. The Bertz CT molecular complexity index is 319. The molecule has 2 rings (SSSR count). The summed E-state index contributed by atoms with van der Waals surface area (Å²) >= 11 is 0. The molecule has 1 aliphatic heterocycles. The number of carbonyl (C=O) groups excluding carboxylic acids is 2. The Morgan fingerprint density at radius 2 is 2.06 bits per heavy atom. The average molecular weight is 225 g/mol. The van der Waals surface area contributed by atoms with Gasteiger partial charge in [0.1, 0.15) is 11.4 Å². The van der Waals surface area contributed by atoms with E-state index >= 15 is 0 Å². The van der Waals surface area contributed by atoms with Crippen molar-refractivity contribution >= 4 is 11.9 Å². The SMILES string of the molecule is CC(C)(C)OC(=O)N1C[C@@H]2CC(=O)C[C@H]1C2. The molecule has 2 bridgehead atoms. The minimum absolute atomic E-state index is 0.0844. The molecule has 0 N–H and O–H groups in total. The summed E-state index contributed by atoms with van der Waals surface area (Å²) in [5.41, 5.74) is -0.461. The molecule has 0 unspecified atom stereocenters. The first-order valence-electron chi connectivity index (χ1n) is 5.86. The maximum absolute atomic E-state index is 11.9. The summed E-state index contributed by atoms with van der Waals surface area (Å²) < 4.78 is 5.34. The molecule has 2 aliphatic rings. The van der Waals surface area contributed by atoms with Gasteiger partial charge in [0.05, 0.1) is 0 Å². The van der Waals surface area contributed by atoms with Crippen LogP contribution in [0, 0.1) is 5.92 Å². The number of fused-ring (bicyclic) bond motifs is 2. The summed E-state index contributed by atoms with van der Waals surface area (Å²) in [6.45, 7) is 6.26. The van der Waals surface area contributed by atoms with Crippen molar-refractivity contribution in [1.29, 1.82) is 0 Å². The first-order chi connectivity index (χ1) is 7.35. The molecule has 90 valence electrons. The molecule has 4 nitrogen and oxygen atoms in total. The minimum atomic E-state index is -0.461. The fourth-order valence-electron chi connectivity index (χ4n) is 2.57. The highest BCUT2D eigenvalue weighted by molar-refractivity contribution is 5.82. The zero-order valence-electron chi connectivity index (χ0n) is 10.2. The maximum atomic E-state index is 11.9. The monoisotopic (exact) mass is 225 g/mol. The number of amides is 1. The van der Waals surface area contributed by atoms with Gasteiger partial charge in [0, 0.05) is 25.4 Å². The van der Waals surface area contributed by atoms with E-state index in [9.17, 15) is 9.59 Å². The number of carbonyl (C=O) groups is 2. The fraction of sp³-hybridized carbons (Fsp3) is 0.833. The lowest BCUT2D eigenvalue weighted by atomic mass is 9.89. The van der Waals surface area contributed by atoms with Crippen LogP contribution in [-0.2, 0) is 9.53 Å². The first kappa shape index (κ1) is 11.4. The molecule has 2 fully saturated rings. The Morgan fingerprint density at radius 1 is 1.38 bits per heavy atom. The van der Waals surface area contributed by atoms with Crippen molar-refractivity contribution in [3.05, 3.63) is 0 Å². The molecule has 0 aromatic heterocycles. The van der Waals surface area contributed by atoms with Crippen LogP contribution in [0.1, 0.15) is 40.0 Å².